The summed E-state index contributed by atoms with van der Waals surface area (Å²) in [7, 11) is -3.35. The summed E-state index contributed by atoms with van der Waals surface area (Å²) in [4.78, 5) is 0.378. The van der Waals surface area contributed by atoms with E-state index in [1.807, 2.05) is 18.4 Å². The molecule has 2 N–H and O–H groups in total. The molecule has 5 nitrogen and oxygen atoms in total. The van der Waals surface area contributed by atoms with Crippen molar-refractivity contribution in [1.29, 1.82) is 0 Å². The van der Waals surface area contributed by atoms with Gasteiger partial charge in [-0.15, -0.1) is 0 Å². The standard InChI is InChI=1S/C13H23N3O2S/c1-11(2)16-10-13(8-12(16)9-14)19(17,18)15-6-4-3-5-7-15/h8,10-11H,3-7,9,14H2,1-2H3. The molecule has 0 aromatic carbocycles. The Hall–Kier alpha value is -0.850. The third-order valence-corrected chi connectivity index (χ3v) is 5.49. The van der Waals surface area contributed by atoms with Crippen LogP contribution in [0.5, 0.6) is 0 Å². The molecule has 1 aromatic heterocycles. The molecule has 0 radical (unpaired) electrons. The summed E-state index contributed by atoms with van der Waals surface area (Å²) in [5, 5.41) is 0. The van der Waals surface area contributed by atoms with Gasteiger partial charge in [0.2, 0.25) is 10.0 Å². The van der Waals surface area contributed by atoms with Crippen molar-refractivity contribution in [2.75, 3.05) is 13.1 Å². The van der Waals surface area contributed by atoms with E-state index in [-0.39, 0.29) is 6.04 Å². The summed E-state index contributed by atoms with van der Waals surface area (Å²) in [6.07, 6.45) is 4.74. The first-order chi connectivity index (χ1) is 8.96. The van der Waals surface area contributed by atoms with Gasteiger partial charge in [-0.25, -0.2) is 8.42 Å². The van der Waals surface area contributed by atoms with Crippen molar-refractivity contribution in [3.63, 3.8) is 0 Å². The van der Waals surface area contributed by atoms with Crippen molar-refractivity contribution in [2.45, 2.75) is 50.6 Å². The highest BCUT2D eigenvalue weighted by atomic mass is 32.2. The van der Waals surface area contributed by atoms with Gasteiger partial charge in [-0.2, -0.15) is 4.31 Å². The maximum atomic E-state index is 12.6. The lowest BCUT2D eigenvalue weighted by atomic mass is 10.2. The summed E-state index contributed by atoms with van der Waals surface area (Å²) >= 11 is 0. The van der Waals surface area contributed by atoms with E-state index in [0.717, 1.165) is 25.0 Å². The van der Waals surface area contributed by atoms with E-state index in [1.165, 1.54) is 0 Å². The highest BCUT2D eigenvalue weighted by Crippen LogP contribution is 2.24. The van der Waals surface area contributed by atoms with Crippen LogP contribution in [0.1, 0.15) is 44.8 Å². The number of aromatic nitrogens is 1. The Kier molecular flexibility index (Phi) is 4.32. The Morgan fingerprint density at radius 2 is 1.89 bits per heavy atom. The van der Waals surface area contributed by atoms with Gasteiger partial charge in [-0.3, -0.25) is 0 Å². The van der Waals surface area contributed by atoms with Crippen LogP contribution in [0.4, 0.5) is 0 Å². The van der Waals surface area contributed by atoms with Crippen molar-refractivity contribution >= 4 is 10.0 Å². The Morgan fingerprint density at radius 3 is 2.37 bits per heavy atom. The predicted molar refractivity (Wildman–Crippen MR) is 75.3 cm³/mol. The first-order valence-electron chi connectivity index (χ1n) is 6.88. The number of hydrogen-bond acceptors (Lipinski definition) is 3. The van der Waals surface area contributed by atoms with Crippen LogP contribution in [-0.2, 0) is 16.6 Å². The lowest BCUT2D eigenvalue weighted by molar-refractivity contribution is 0.346. The van der Waals surface area contributed by atoms with E-state index in [9.17, 15) is 8.42 Å². The molecule has 0 unspecified atom stereocenters. The van der Waals surface area contributed by atoms with Crippen LogP contribution in [0, 0.1) is 0 Å². The van der Waals surface area contributed by atoms with Crippen molar-refractivity contribution in [3.05, 3.63) is 18.0 Å². The maximum Gasteiger partial charge on any atom is 0.244 e. The van der Waals surface area contributed by atoms with Crippen LogP contribution in [0.3, 0.4) is 0 Å². The quantitative estimate of drug-likeness (QED) is 0.915. The minimum absolute atomic E-state index is 0.212. The Balaban J connectivity index is 2.34. The van der Waals surface area contributed by atoms with E-state index < -0.39 is 10.0 Å². The van der Waals surface area contributed by atoms with E-state index in [4.69, 9.17) is 5.73 Å². The fourth-order valence-electron chi connectivity index (χ4n) is 2.54. The minimum Gasteiger partial charge on any atom is -0.346 e. The van der Waals surface area contributed by atoms with Gasteiger partial charge in [0.15, 0.2) is 0 Å². The average Bonchev–Trinajstić information content (AvgIpc) is 2.84. The van der Waals surface area contributed by atoms with Gasteiger partial charge < -0.3 is 10.3 Å². The smallest absolute Gasteiger partial charge is 0.244 e. The zero-order valence-electron chi connectivity index (χ0n) is 11.7. The molecule has 108 valence electrons. The number of piperidine rings is 1. The van der Waals surface area contributed by atoms with Crippen molar-refractivity contribution in [1.82, 2.24) is 8.87 Å². The molecule has 19 heavy (non-hydrogen) atoms. The molecule has 0 aliphatic carbocycles. The van der Waals surface area contributed by atoms with Crippen LogP contribution in [-0.4, -0.2) is 30.4 Å². The van der Waals surface area contributed by atoms with Crippen LogP contribution < -0.4 is 5.73 Å². The normalized spacial score (nSPS) is 18.1. The fraction of sp³-hybridized carbons (Fsp3) is 0.692. The summed E-state index contributed by atoms with van der Waals surface area (Å²) in [5.41, 5.74) is 6.56. The van der Waals surface area contributed by atoms with Crippen LogP contribution in [0.2, 0.25) is 0 Å². The fourth-order valence-corrected chi connectivity index (χ4v) is 4.11. The first-order valence-corrected chi connectivity index (χ1v) is 8.32. The molecule has 0 spiro atoms. The summed E-state index contributed by atoms with van der Waals surface area (Å²) in [6, 6.07) is 1.92. The number of nitrogens with zero attached hydrogens (tertiary/aromatic N) is 2. The topological polar surface area (TPSA) is 68.3 Å². The highest BCUT2D eigenvalue weighted by Gasteiger charge is 2.27. The Labute approximate surface area is 115 Å². The Morgan fingerprint density at radius 1 is 1.26 bits per heavy atom. The summed E-state index contributed by atoms with van der Waals surface area (Å²) in [5.74, 6) is 0. The second-order valence-electron chi connectivity index (χ2n) is 5.34. The first kappa shape index (κ1) is 14.6. The van der Waals surface area contributed by atoms with E-state index in [2.05, 4.69) is 0 Å². The zero-order valence-corrected chi connectivity index (χ0v) is 12.5. The number of sulfonamides is 1. The number of rotatable bonds is 4. The predicted octanol–water partition coefficient (Wildman–Crippen LogP) is 1.70. The lowest BCUT2D eigenvalue weighted by Gasteiger charge is -2.25. The van der Waals surface area contributed by atoms with Gasteiger partial charge in [-0.1, -0.05) is 6.42 Å². The number of hydrogen-bond donors (Lipinski definition) is 1. The van der Waals surface area contributed by atoms with Crippen molar-refractivity contribution < 1.29 is 8.42 Å². The second kappa shape index (κ2) is 5.64. The third kappa shape index (κ3) is 2.85. The molecule has 1 fully saturated rings. The molecule has 0 saturated carbocycles. The molecule has 2 rings (SSSR count). The molecule has 1 saturated heterocycles. The summed E-state index contributed by atoms with van der Waals surface area (Å²) in [6.45, 7) is 5.67. The minimum atomic E-state index is -3.35. The SMILES string of the molecule is CC(C)n1cc(S(=O)(=O)N2CCCCC2)cc1CN. The van der Waals surface area contributed by atoms with Gasteiger partial charge in [0.1, 0.15) is 4.90 Å². The van der Waals surface area contributed by atoms with Crippen molar-refractivity contribution in [2.24, 2.45) is 5.73 Å². The zero-order chi connectivity index (χ0) is 14.0. The third-order valence-electron chi connectivity index (χ3n) is 3.63. The average molecular weight is 285 g/mol. The molecule has 1 aromatic rings. The Bertz CT molecular complexity index is 528. The molecular formula is C13H23N3O2S. The monoisotopic (exact) mass is 285 g/mol. The highest BCUT2D eigenvalue weighted by molar-refractivity contribution is 7.89. The molecule has 0 bridgehead atoms. The molecule has 1 aliphatic rings. The van der Waals surface area contributed by atoms with E-state index >= 15 is 0 Å². The molecule has 1 aliphatic heterocycles. The number of nitrogens with two attached hydrogens (primary N) is 1. The van der Waals surface area contributed by atoms with Crippen molar-refractivity contribution in [3.8, 4) is 0 Å². The van der Waals surface area contributed by atoms with E-state index in [0.29, 0.717) is 24.5 Å². The van der Waals surface area contributed by atoms with Gasteiger partial charge in [0, 0.05) is 37.6 Å². The largest absolute Gasteiger partial charge is 0.346 e. The molecule has 0 amide bonds. The molecule has 2 heterocycles. The van der Waals surface area contributed by atoms with Crippen LogP contribution >= 0.6 is 0 Å². The summed E-state index contributed by atoms with van der Waals surface area (Å²) < 4.78 is 28.7. The van der Waals surface area contributed by atoms with Crippen LogP contribution in [0.15, 0.2) is 17.2 Å². The van der Waals surface area contributed by atoms with Crippen LogP contribution in [0.25, 0.3) is 0 Å². The van der Waals surface area contributed by atoms with Gasteiger partial charge in [-0.05, 0) is 32.8 Å². The second-order valence-corrected chi connectivity index (χ2v) is 7.27. The molecule has 0 atom stereocenters. The lowest BCUT2D eigenvalue weighted by Crippen LogP contribution is -2.35. The van der Waals surface area contributed by atoms with Gasteiger partial charge in [0.05, 0.1) is 0 Å². The van der Waals surface area contributed by atoms with Gasteiger partial charge >= 0.3 is 0 Å². The molecule has 6 heteroatoms. The maximum absolute atomic E-state index is 12.6. The van der Waals surface area contributed by atoms with E-state index in [1.54, 1.807) is 16.6 Å². The van der Waals surface area contributed by atoms with Gasteiger partial charge in [0.25, 0.3) is 0 Å². The molecular weight excluding hydrogens is 262 g/mol.